The second kappa shape index (κ2) is 8.95. The summed E-state index contributed by atoms with van der Waals surface area (Å²) < 4.78 is 10.5. The van der Waals surface area contributed by atoms with Crippen molar-refractivity contribution in [2.75, 3.05) is 19.5 Å². The van der Waals surface area contributed by atoms with E-state index in [1.807, 2.05) is 24.3 Å². The third-order valence-corrected chi connectivity index (χ3v) is 5.21. The standard InChI is InChI=1S/C24H27NO4/c1-5-23(26)25-18-13-16(12-17(14-18)24(27)29-4)19-7-6-8-20(19)21-11-15(2)9-10-22(21)28-3/h9-14H,5-8H2,1-4H3,(H,25,26). The summed E-state index contributed by atoms with van der Waals surface area (Å²) in [4.78, 5) is 24.1. The highest BCUT2D eigenvalue weighted by Gasteiger charge is 2.22. The molecule has 152 valence electrons. The van der Waals surface area contributed by atoms with Gasteiger partial charge in [0.1, 0.15) is 5.75 Å². The van der Waals surface area contributed by atoms with Gasteiger partial charge in [-0.1, -0.05) is 18.6 Å². The van der Waals surface area contributed by atoms with Gasteiger partial charge >= 0.3 is 5.97 Å². The van der Waals surface area contributed by atoms with Gasteiger partial charge in [0.15, 0.2) is 0 Å². The Hall–Kier alpha value is -3.08. The maximum Gasteiger partial charge on any atom is 0.337 e. The van der Waals surface area contributed by atoms with E-state index < -0.39 is 5.97 Å². The van der Waals surface area contributed by atoms with Crippen LogP contribution in [-0.4, -0.2) is 26.1 Å². The van der Waals surface area contributed by atoms with Gasteiger partial charge in [0.2, 0.25) is 5.91 Å². The number of allylic oxidation sites excluding steroid dienone is 2. The van der Waals surface area contributed by atoms with Gasteiger partial charge in [-0.25, -0.2) is 4.79 Å². The molecule has 0 aromatic heterocycles. The Labute approximate surface area is 171 Å². The van der Waals surface area contributed by atoms with Gasteiger partial charge in [-0.2, -0.15) is 0 Å². The smallest absolute Gasteiger partial charge is 0.337 e. The van der Waals surface area contributed by atoms with E-state index in [9.17, 15) is 9.59 Å². The molecule has 1 N–H and O–H groups in total. The number of anilines is 1. The molecule has 0 atom stereocenters. The first kappa shape index (κ1) is 20.6. The molecule has 5 heteroatoms. The minimum atomic E-state index is -0.424. The molecule has 0 saturated carbocycles. The molecule has 1 aliphatic carbocycles. The number of carbonyl (C=O) groups is 2. The van der Waals surface area contributed by atoms with Crippen LogP contribution in [0.15, 0.2) is 36.4 Å². The van der Waals surface area contributed by atoms with Crippen molar-refractivity contribution < 1.29 is 19.1 Å². The Bertz CT molecular complexity index is 975. The second-order valence-corrected chi connectivity index (χ2v) is 7.21. The fraction of sp³-hybridized carbons (Fsp3) is 0.333. The SMILES string of the molecule is CCC(=O)Nc1cc(C(=O)OC)cc(C2=C(c3cc(C)ccc3OC)CCC2)c1. The lowest BCUT2D eigenvalue weighted by molar-refractivity contribution is -0.115. The largest absolute Gasteiger partial charge is 0.496 e. The number of hydrogen-bond donors (Lipinski definition) is 1. The third-order valence-electron chi connectivity index (χ3n) is 5.21. The maximum absolute atomic E-state index is 12.2. The zero-order chi connectivity index (χ0) is 21.0. The van der Waals surface area contributed by atoms with Crippen molar-refractivity contribution in [3.05, 3.63) is 58.7 Å². The van der Waals surface area contributed by atoms with Gasteiger partial charge in [-0.05, 0) is 73.2 Å². The third kappa shape index (κ3) is 4.50. The molecule has 2 aromatic rings. The van der Waals surface area contributed by atoms with Gasteiger partial charge in [0.05, 0.1) is 19.8 Å². The first-order chi connectivity index (χ1) is 14.0. The van der Waals surface area contributed by atoms with Crippen molar-refractivity contribution in [3.63, 3.8) is 0 Å². The number of hydrogen-bond acceptors (Lipinski definition) is 4. The average Bonchev–Trinajstić information content (AvgIpc) is 3.22. The number of ether oxygens (including phenoxy) is 2. The normalized spacial score (nSPS) is 13.4. The summed E-state index contributed by atoms with van der Waals surface area (Å²) in [6, 6.07) is 11.6. The number of carbonyl (C=O) groups excluding carboxylic acids is 2. The number of aryl methyl sites for hydroxylation is 1. The summed E-state index contributed by atoms with van der Waals surface area (Å²) in [6.07, 6.45) is 3.24. The topological polar surface area (TPSA) is 64.6 Å². The number of rotatable bonds is 6. The molecule has 3 rings (SSSR count). The van der Waals surface area contributed by atoms with Crippen LogP contribution in [0.1, 0.15) is 59.7 Å². The van der Waals surface area contributed by atoms with Gasteiger partial charge < -0.3 is 14.8 Å². The Morgan fingerprint density at radius 3 is 2.48 bits per heavy atom. The molecule has 1 aliphatic rings. The lowest BCUT2D eigenvalue weighted by Crippen LogP contribution is -2.11. The summed E-state index contributed by atoms with van der Waals surface area (Å²) in [6.45, 7) is 3.86. The van der Waals surface area contributed by atoms with Crippen LogP contribution in [0.4, 0.5) is 5.69 Å². The number of esters is 1. The number of nitrogens with one attached hydrogen (secondary N) is 1. The van der Waals surface area contributed by atoms with Crippen LogP contribution >= 0.6 is 0 Å². The van der Waals surface area contributed by atoms with E-state index >= 15 is 0 Å². The number of methoxy groups -OCH3 is 2. The quantitative estimate of drug-likeness (QED) is 0.682. The first-order valence-corrected chi connectivity index (χ1v) is 9.87. The van der Waals surface area contributed by atoms with Gasteiger partial charge in [0.25, 0.3) is 0 Å². The Morgan fingerprint density at radius 1 is 1.03 bits per heavy atom. The minimum absolute atomic E-state index is 0.0982. The summed E-state index contributed by atoms with van der Waals surface area (Å²) in [7, 11) is 3.04. The van der Waals surface area contributed by atoms with E-state index in [1.165, 1.54) is 23.8 Å². The van der Waals surface area contributed by atoms with Crippen LogP contribution in [0.2, 0.25) is 0 Å². The van der Waals surface area contributed by atoms with E-state index in [0.29, 0.717) is 17.7 Å². The van der Waals surface area contributed by atoms with E-state index in [-0.39, 0.29) is 5.91 Å². The zero-order valence-electron chi connectivity index (χ0n) is 17.4. The lowest BCUT2D eigenvalue weighted by Gasteiger charge is -2.15. The van der Waals surface area contributed by atoms with Crippen molar-refractivity contribution in [1.82, 2.24) is 0 Å². The second-order valence-electron chi connectivity index (χ2n) is 7.21. The molecule has 0 unspecified atom stereocenters. The number of amides is 1. The van der Waals surface area contributed by atoms with Crippen molar-refractivity contribution in [1.29, 1.82) is 0 Å². The van der Waals surface area contributed by atoms with Gasteiger partial charge in [0, 0.05) is 17.7 Å². The molecule has 0 heterocycles. The monoisotopic (exact) mass is 393 g/mol. The van der Waals surface area contributed by atoms with Crippen molar-refractivity contribution in [2.24, 2.45) is 0 Å². The van der Waals surface area contributed by atoms with E-state index in [1.54, 1.807) is 20.1 Å². The molecule has 0 saturated heterocycles. The lowest BCUT2D eigenvalue weighted by atomic mass is 9.94. The number of benzene rings is 2. The molecule has 5 nitrogen and oxygen atoms in total. The minimum Gasteiger partial charge on any atom is -0.496 e. The van der Waals surface area contributed by atoms with E-state index in [0.717, 1.165) is 36.1 Å². The van der Waals surface area contributed by atoms with Crippen molar-refractivity contribution in [2.45, 2.75) is 39.5 Å². The van der Waals surface area contributed by atoms with Crippen LogP contribution in [0.3, 0.4) is 0 Å². The summed E-state index contributed by atoms with van der Waals surface area (Å²) in [5.41, 5.74) is 6.60. The molecule has 0 fully saturated rings. The highest BCUT2D eigenvalue weighted by molar-refractivity contribution is 5.99. The van der Waals surface area contributed by atoms with Crippen molar-refractivity contribution in [3.8, 4) is 5.75 Å². The molecule has 2 aromatic carbocycles. The Balaban J connectivity index is 2.15. The molecule has 0 radical (unpaired) electrons. The van der Waals surface area contributed by atoms with Crippen LogP contribution in [0.25, 0.3) is 11.1 Å². The molecule has 1 amide bonds. The van der Waals surface area contributed by atoms with Crippen LogP contribution in [0, 0.1) is 6.92 Å². The van der Waals surface area contributed by atoms with Crippen molar-refractivity contribution >= 4 is 28.7 Å². The van der Waals surface area contributed by atoms with E-state index in [4.69, 9.17) is 9.47 Å². The molecular formula is C24H27NO4. The predicted octanol–water partition coefficient (Wildman–Crippen LogP) is 5.23. The fourth-order valence-corrected chi connectivity index (χ4v) is 3.78. The highest BCUT2D eigenvalue weighted by Crippen LogP contribution is 2.43. The van der Waals surface area contributed by atoms with E-state index in [2.05, 4.69) is 18.3 Å². The average molecular weight is 393 g/mol. The molecule has 0 spiro atoms. The van der Waals surface area contributed by atoms with Crippen LogP contribution < -0.4 is 10.1 Å². The Morgan fingerprint density at radius 2 is 1.79 bits per heavy atom. The van der Waals surface area contributed by atoms with Crippen LogP contribution in [-0.2, 0) is 9.53 Å². The highest BCUT2D eigenvalue weighted by atomic mass is 16.5. The summed E-state index contributed by atoms with van der Waals surface area (Å²) in [5, 5.41) is 2.87. The first-order valence-electron chi connectivity index (χ1n) is 9.87. The van der Waals surface area contributed by atoms with Gasteiger partial charge in [-0.15, -0.1) is 0 Å². The van der Waals surface area contributed by atoms with Gasteiger partial charge in [-0.3, -0.25) is 4.79 Å². The predicted molar refractivity (Wildman–Crippen MR) is 115 cm³/mol. The zero-order valence-corrected chi connectivity index (χ0v) is 17.4. The Kier molecular flexibility index (Phi) is 6.37. The molecule has 0 aliphatic heterocycles. The molecule has 29 heavy (non-hydrogen) atoms. The molecular weight excluding hydrogens is 366 g/mol. The summed E-state index contributed by atoms with van der Waals surface area (Å²) >= 11 is 0. The molecule has 0 bridgehead atoms. The maximum atomic E-state index is 12.2. The fourth-order valence-electron chi connectivity index (χ4n) is 3.78. The van der Waals surface area contributed by atoms with Crippen LogP contribution in [0.5, 0.6) is 5.75 Å². The summed E-state index contributed by atoms with van der Waals surface area (Å²) in [5.74, 6) is 0.319.